The van der Waals surface area contributed by atoms with Gasteiger partial charge in [-0.05, 0) is 61.5 Å². The molecular formula is C21H23N3O5S. The molecule has 158 valence electrons. The number of sulfonamides is 1. The molecule has 8 nitrogen and oxygen atoms in total. The number of benzene rings is 2. The van der Waals surface area contributed by atoms with Gasteiger partial charge < -0.3 is 9.47 Å². The summed E-state index contributed by atoms with van der Waals surface area (Å²) in [5.74, 6) is 1.32. The van der Waals surface area contributed by atoms with E-state index in [1.807, 2.05) is 19.1 Å². The predicted octanol–water partition coefficient (Wildman–Crippen LogP) is 2.30. The minimum absolute atomic E-state index is 0.0223. The largest absolute Gasteiger partial charge is 0.497 e. The molecule has 1 N–H and O–H groups in total. The Labute approximate surface area is 175 Å². The first-order chi connectivity index (χ1) is 14.4. The number of aromatic nitrogens is 2. The maximum atomic E-state index is 12.5. The SMILES string of the molecule is CCOc1ccc(S(=O)(=O)NCCn2nc(-c3ccc(OC)cc3)ccc2=O)cc1. The van der Waals surface area contributed by atoms with E-state index in [4.69, 9.17) is 9.47 Å². The normalized spacial score (nSPS) is 11.3. The van der Waals surface area contributed by atoms with Crippen molar-refractivity contribution in [2.24, 2.45) is 0 Å². The Balaban J connectivity index is 1.68. The molecule has 0 unspecified atom stereocenters. The summed E-state index contributed by atoms with van der Waals surface area (Å²) in [6.07, 6.45) is 0. The van der Waals surface area contributed by atoms with Crippen LogP contribution in [0.1, 0.15) is 6.92 Å². The van der Waals surface area contributed by atoms with E-state index >= 15 is 0 Å². The van der Waals surface area contributed by atoms with Gasteiger partial charge in [-0.1, -0.05) is 0 Å². The Kier molecular flexibility index (Phi) is 6.86. The van der Waals surface area contributed by atoms with Crippen LogP contribution in [0.5, 0.6) is 11.5 Å². The summed E-state index contributed by atoms with van der Waals surface area (Å²) in [5, 5.41) is 4.33. The highest BCUT2D eigenvalue weighted by molar-refractivity contribution is 7.89. The standard InChI is InChI=1S/C21H23N3O5S/c1-3-29-18-8-10-19(11-9-18)30(26,27)22-14-15-24-21(25)13-12-20(23-24)16-4-6-17(28-2)7-5-16/h4-13,22H,3,14-15H2,1-2H3. The number of nitrogens with zero attached hydrogens (tertiary/aromatic N) is 2. The maximum Gasteiger partial charge on any atom is 0.266 e. The third-order valence-electron chi connectivity index (χ3n) is 4.31. The first-order valence-corrected chi connectivity index (χ1v) is 10.9. The lowest BCUT2D eigenvalue weighted by molar-refractivity contribution is 0.340. The molecule has 30 heavy (non-hydrogen) atoms. The average Bonchev–Trinajstić information content (AvgIpc) is 2.76. The van der Waals surface area contributed by atoms with Crippen LogP contribution >= 0.6 is 0 Å². The minimum atomic E-state index is -3.71. The Morgan fingerprint density at radius 3 is 2.27 bits per heavy atom. The van der Waals surface area contributed by atoms with Crippen molar-refractivity contribution >= 4 is 10.0 Å². The van der Waals surface area contributed by atoms with Crippen LogP contribution in [-0.2, 0) is 16.6 Å². The van der Waals surface area contributed by atoms with E-state index in [0.717, 1.165) is 11.3 Å². The van der Waals surface area contributed by atoms with E-state index in [9.17, 15) is 13.2 Å². The van der Waals surface area contributed by atoms with Crippen LogP contribution in [0.3, 0.4) is 0 Å². The molecule has 0 saturated heterocycles. The second kappa shape index (κ2) is 9.55. The van der Waals surface area contributed by atoms with Crippen molar-refractivity contribution in [2.45, 2.75) is 18.4 Å². The van der Waals surface area contributed by atoms with Crippen LogP contribution < -0.4 is 19.8 Å². The van der Waals surface area contributed by atoms with Crippen LogP contribution in [0, 0.1) is 0 Å². The minimum Gasteiger partial charge on any atom is -0.497 e. The van der Waals surface area contributed by atoms with Gasteiger partial charge >= 0.3 is 0 Å². The van der Waals surface area contributed by atoms with E-state index in [0.29, 0.717) is 18.1 Å². The first-order valence-electron chi connectivity index (χ1n) is 9.38. The quantitative estimate of drug-likeness (QED) is 0.560. The molecule has 0 fully saturated rings. The molecule has 1 aromatic heterocycles. The van der Waals surface area contributed by atoms with Crippen molar-refractivity contribution in [2.75, 3.05) is 20.3 Å². The number of methoxy groups -OCH3 is 1. The number of nitrogens with one attached hydrogen (secondary N) is 1. The molecule has 3 aromatic rings. The number of rotatable bonds is 9. The molecule has 3 rings (SSSR count). The molecule has 0 aliphatic heterocycles. The fraction of sp³-hybridized carbons (Fsp3) is 0.238. The summed E-state index contributed by atoms with van der Waals surface area (Å²) in [5.41, 5.74) is 1.11. The van der Waals surface area contributed by atoms with Gasteiger partial charge in [-0.2, -0.15) is 5.10 Å². The number of hydrogen-bond acceptors (Lipinski definition) is 6. The molecular weight excluding hydrogens is 406 g/mol. The fourth-order valence-electron chi connectivity index (χ4n) is 2.78. The van der Waals surface area contributed by atoms with Crippen molar-refractivity contribution in [3.05, 3.63) is 71.0 Å². The van der Waals surface area contributed by atoms with E-state index in [1.165, 1.54) is 22.9 Å². The van der Waals surface area contributed by atoms with Crippen molar-refractivity contribution in [3.8, 4) is 22.8 Å². The summed E-state index contributed by atoms with van der Waals surface area (Å²) in [4.78, 5) is 12.2. The summed E-state index contributed by atoms with van der Waals surface area (Å²) in [6.45, 7) is 2.47. The second-order valence-electron chi connectivity index (χ2n) is 6.31. The van der Waals surface area contributed by atoms with Crippen molar-refractivity contribution in [3.63, 3.8) is 0 Å². The van der Waals surface area contributed by atoms with Gasteiger partial charge in [-0.15, -0.1) is 0 Å². The molecule has 0 aliphatic carbocycles. The van der Waals surface area contributed by atoms with Gasteiger partial charge in [0.05, 0.1) is 30.9 Å². The molecule has 0 aliphatic rings. The molecule has 1 heterocycles. The third-order valence-corrected chi connectivity index (χ3v) is 5.79. The van der Waals surface area contributed by atoms with Crippen molar-refractivity contribution < 1.29 is 17.9 Å². The maximum absolute atomic E-state index is 12.5. The summed E-state index contributed by atoms with van der Waals surface area (Å²) < 4.78 is 39.1. The first kappa shape index (κ1) is 21.5. The zero-order valence-electron chi connectivity index (χ0n) is 16.7. The molecule has 9 heteroatoms. The molecule has 2 aromatic carbocycles. The lowest BCUT2D eigenvalue weighted by Gasteiger charge is -2.10. The van der Waals surface area contributed by atoms with Gasteiger partial charge in [0.1, 0.15) is 11.5 Å². The Hall–Kier alpha value is -3.17. The smallest absolute Gasteiger partial charge is 0.266 e. The summed E-state index contributed by atoms with van der Waals surface area (Å²) >= 11 is 0. The molecule has 0 bridgehead atoms. The molecule has 0 radical (unpaired) electrons. The van der Waals surface area contributed by atoms with Crippen LogP contribution in [0.15, 0.2) is 70.4 Å². The zero-order chi connectivity index (χ0) is 21.6. The van der Waals surface area contributed by atoms with Crippen LogP contribution in [-0.4, -0.2) is 38.5 Å². The van der Waals surface area contributed by atoms with Gasteiger partial charge in [0.25, 0.3) is 5.56 Å². The summed E-state index contributed by atoms with van der Waals surface area (Å²) in [7, 11) is -2.12. The molecule has 0 saturated carbocycles. The van der Waals surface area contributed by atoms with Crippen molar-refractivity contribution in [1.29, 1.82) is 0 Å². The highest BCUT2D eigenvalue weighted by atomic mass is 32.2. The van der Waals surface area contributed by atoms with Gasteiger partial charge in [-0.3, -0.25) is 4.79 Å². The lowest BCUT2D eigenvalue weighted by atomic mass is 10.1. The Bertz CT molecular complexity index is 1140. The Morgan fingerprint density at radius 1 is 0.967 bits per heavy atom. The molecule has 0 amide bonds. The molecule has 0 spiro atoms. The average molecular weight is 429 g/mol. The predicted molar refractivity (Wildman–Crippen MR) is 113 cm³/mol. The highest BCUT2D eigenvalue weighted by Crippen LogP contribution is 2.19. The van der Waals surface area contributed by atoms with E-state index in [1.54, 1.807) is 37.4 Å². The van der Waals surface area contributed by atoms with E-state index in [-0.39, 0.29) is 23.5 Å². The lowest BCUT2D eigenvalue weighted by Crippen LogP contribution is -2.32. The van der Waals surface area contributed by atoms with Gasteiger partial charge in [0.15, 0.2) is 0 Å². The van der Waals surface area contributed by atoms with Crippen LogP contribution in [0.2, 0.25) is 0 Å². The van der Waals surface area contributed by atoms with Gasteiger partial charge in [0, 0.05) is 18.2 Å². The van der Waals surface area contributed by atoms with Gasteiger partial charge in [0.2, 0.25) is 10.0 Å². The monoisotopic (exact) mass is 429 g/mol. The highest BCUT2D eigenvalue weighted by Gasteiger charge is 2.14. The van der Waals surface area contributed by atoms with Gasteiger partial charge in [-0.25, -0.2) is 17.8 Å². The van der Waals surface area contributed by atoms with E-state index in [2.05, 4.69) is 9.82 Å². The van der Waals surface area contributed by atoms with Crippen LogP contribution in [0.25, 0.3) is 11.3 Å². The number of hydrogen-bond donors (Lipinski definition) is 1. The molecule has 0 atom stereocenters. The van der Waals surface area contributed by atoms with Crippen molar-refractivity contribution in [1.82, 2.24) is 14.5 Å². The van der Waals surface area contributed by atoms with Crippen LogP contribution in [0.4, 0.5) is 0 Å². The number of ether oxygens (including phenoxy) is 2. The topological polar surface area (TPSA) is 99.5 Å². The Morgan fingerprint density at radius 2 is 1.63 bits per heavy atom. The fourth-order valence-corrected chi connectivity index (χ4v) is 3.80. The summed E-state index contributed by atoms with van der Waals surface area (Å²) in [6, 6.07) is 16.5. The van der Waals surface area contributed by atoms with E-state index < -0.39 is 10.0 Å². The second-order valence-corrected chi connectivity index (χ2v) is 8.08. The third kappa shape index (κ3) is 5.25. The zero-order valence-corrected chi connectivity index (χ0v) is 17.6.